The summed E-state index contributed by atoms with van der Waals surface area (Å²) in [6.45, 7) is 1.44. The standard InChI is InChI=1S/C22H16ClN3O4S/c1-13(27)26(17-5-3-4-15(23)10-17)22-24-16(12-31-22)11-19-21(28)30-20(25-19)14-6-8-18(29-2)9-7-14/h3-12H,1-2H3/b19-11-. The second-order valence-corrected chi connectivity index (χ2v) is 7.73. The second-order valence-electron chi connectivity index (χ2n) is 6.45. The molecule has 1 aliphatic rings. The number of benzene rings is 2. The summed E-state index contributed by atoms with van der Waals surface area (Å²) in [6.07, 6.45) is 1.52. The van der Waals surface area contributed by atoms with Crippen LogP contribution >= 0.6 is 22.9 Å². The quantitative estimate of drug-likeness (QED) is 0.408. The van der Waals surface area contributed by atoms with E-state index in [0.717, 1.165) is 0 Å². The van der Waals surface area contributed by atoms with Gasteiger partial charge < -0.3 is 9.47 Å². The highest BCUT2D eigenvalue weighted by molar-refractivity contribution is 7.14. The lowest BCUT2D eigenvalue weighted by atomic mass is 10.2. The molecule has 0 bridgehead atoms. The van der Waals surface area contributed by atoms with Crippen LogP contribution in [0.3, 0.4) is 0 Å². The molecule has 2 heterocycles. The Morgan fingerprint density at radius 1 is 1.23 bits per heavy atom. The fourth-order valence-corrected chi connectivity index (χ4v) is 3.92. The lowest BCUT2D eigenvalue weighted by Crippen LogP contribution is -2.22. The van der Waals surface area contributed by atoms with Crippen LogP contribution in [0.1, 0.15) is 18.2 Å². The Labute approximate surface area is 187 Å². The molecule has 0 N–H and O–H groups in total. The van der Waals surface area contributed by atoms with Crippen molar-refractivity contribution >= 4 is 57.6 Å². The average molecular weight is 454 g/mol. The third-order valence-electron chi connectivity index (χ3n) is 4.32. The fourth-order valence-electron chi connectivity index (χ4n) is 2.89. The first kappa shape index (κ1) is 20.8. The van der Waals surface area contributed by atoms with Crippen LogP contribution in [-0.2, 0) is 14.3 Å². The molecule has 0 saturated heterocycles. The number of esters is 1. The van der Waals surface area contributed by atoms with Crippen molar-refractivity contribution in [3.8, 4) is 5.75 Å². The molecule has 4 rings (SSSR count). The molecule has 156 valence electrons. The number of methoxy groups -OCH3 is 1. The summed E-state index contributed by atoms with van der Waals surface area (Å²) in [5, 5.41) is 2.70. The van der Waals surface area contributed by atoms with E-state index >= 15 is 0 Å². The zero-order valence-corrected chi connectivity index (χ0v) is 18.1. The first-order valence-corrected chi connectivity index (χ1v) is 10.4. The molecule has 1 aromatic heterocycles. The van der Waals surface area contributed by atoms with Gasteiger partial charge in [0.2, 0.25) is 11.8 Å². The number of carbonyl (C=O) groups is 2. The Morgan fingerprint density at radius 2 is 2.00 bits per heavy atom. The molecule has 0 atom stereocenters. The van der Waals surface area contributed by atoms with E-state index in [1.807, 2.05) is 0 Å². The molecule has 0 radical (unpaired) electrons. The van der Waals surface area contributed by atoms with Crippen LogP contribution in [0.2, 0.25) is 5.02 Å². The summed E-state index contributed by atoms with van der Waals surface area (Å²) in [5.74, 6) is 0.113. The number of carbonyl (C=O) groups excluding carboxylic acids is 2. The number of cyclic esters (lactones) is 1. The smallest absolute Gasteiger partial charge is 0.363 e. The van der Waals surface area contributed by atoms with Gasteiger partial charge >= 0.3 is 5.97 Å². The Kier molecular flexibility index (Phi) is 5.83. The molecule has 7 nitrogen and oxygen atoms in total. The van der Waals surface area contributed by atoms with Gasteiger partial charge in [-0.1, -0.05) is 17.7 Å². The molecular formula is C22H16ClN3O4S. The summed E-state index contributed by atoms with van der Waals surface area (Å²) in [6, 6.07) is 14.0. The van der Waals surface area contributed by atoms with Gasteiger partial charge in [0, 0.05) is 22.9 Å². The van der Waals surface area contributed by atoms with E-state index < -0.39 is 5.97 Å². The van der Waals surface area contributed by atoms with Gasteiger partial charge in [0.05, 0.1) is 18.5 Å². The van der Waals surface area contributed by atoms with Crippen molar-refractivity contribution in [3.63, 3.8) is 0 Å². The number of hydrogen-bond donors (Lipinski definition) is 0. The summed E-state index contributed by atoms with van der Waals surface area (Å²) >= 11 is 7.32. The minimum atomic E-state index is -0.571. The number of anilines is 2. The predicted octanol–water partition coefficient (Wildman–Crippen LogP) is 4.83. The largest absolute Gasteiger partial charge is 0.497 e. The van der Waals surface area contributed by atoms with Crippen LogP contribution in [-0.4, -0.2) is 29.9 Å². The number of aliphatic imine (C=N–C) groups is 1. The number of aromatic nitrogens is 1. The van der Waals surface area contributed by atoms with E-state index in [2.05, 4.69) is 9.98 Å². The van der Waals surface area contributed by atoms with E-state index in [4.69, 9.17) is 21.1 Å². The van der Waals surface area contributed by atoms with Crippen LogP contribution in [0.5, 0.6) is 5.75 Å². The SMILES string of the molecule is COc1ccc(C2=N/C(=C\c3csc(N(C(C)=O)c4cccc(Cl)c4)n3)C(=O)O2)cc1. The highest BCUT2D eigenvalue weighted by Crippen LogP contribution is 2.31. The summed E-state index contributed by atoms with van der Waals surface area (Å²) < 4.78 is 10.4. The van der Waals surface area contributed by atoms with Gasteiger partial charge in [0.1, 0.15) is 5.75 Å². The Hall–Kier alpha value is -3.49. The van der Waals surface area contributed by atoms with Gasteiger partial charge in [-0.3, -0.25) is 9.69 Å². The number of rotatable bonds is 5. The molecule has 1 amide bonds. The van der Waals surface area contributed by atoms with Crippen LogP contribution in [0, 0.1) is 0 Å². The molecule has 0 fully saturated rings. The monoisotopic (exact) mass is 453 g/mol. The number of thiazole rings is 1. The van der Waals surface area contributed by atoms with Gasteiger partial charge in [0.25, 0.3) is 0 Å². The van der Waals surface area contributed by atoms with Crippen molar-refractivity contribution in [1.29, 1.82) is 0 Å². The Morgan fingerprint density at radius 3 is 2.68 bits per heavy atom. The maximum absolute atomic E-state index is 12.3. The first-order valence-electron chi connectivity index (χ1n) is 9.13. The predicted molar refractivity (Wildman–Crippen MR) is 120 cm³/mol. The summed E-state index contributed by atoms with van der Waals surface area (Å²) in [7, 11) is 1.57. The zero-order valence-electron chi connectivity index (χ0n) is 16.5. The lowest BCUT2D eigenvalue weighted by molar-refractivity contribution is -0.130. The molecule has 9 heteroatoms. The Bertz CT molecular complexity index is 1220. The van der Waals surface area contributed by atoms with Crippen molar-refractivity contribution in [2.45, 2.75) is 6.92 Å². The number of nitrogens with zero attached hydrogens (tertiary/aromatic N) is 3. The Balaban J connectivity index is 1.61. The van der Waals surface area contributed by atoms with Crippen LogP contribution in [0.25, 0.3) is 6.08 Å². The highest BCUT2D eigenvalue weighted by Gasteiger charge is 2.25. The summed E-state index contributed by atoms with van der Waals surface area (Å²) in [4.78, 5) is 34.7. The van der Waals surface area contributed by atoms with E-state index in [-0.39, 0.29) is 17.5 Å². The average Bonchev–Trinajstić information content (AvgIpc) is 3.35. The minimum absolute atomic E-state index is 0.125. The van der Waals surface area contributed by atoms with E-state index in [9.17, 15) is 9.59 Å². The van der Waals surface area contributed by atoms with E-state index in [0.29, 0.717) is 32.8 Å². The highest BCUT2D eigenvalue weighted by atomic mass is 35.5. The molecule has 0 unspecified atom stereocenters. The molecule has 2 aromatic carbocycles. The van der Waals surface area contributed by atoms with Gasteiger partial charge in [-0.2, -0.15) is 0 Å². The van der Waals surface area contributed by atoms with Gasteiger partial charge in [-0.15, -0.1) is 11.3 Å². The third-order valence-corrected chi connectivity index (χ3v) is 5.40. The first-order chi connectivity index (χ1) is 14.9. The molecule has 1 aliphatic heterocycles. The van der Waals surface area contributed by atoms with Crippen LogP contribution in [0.4, 0.5) is 10.8 Å². The summed E-state index contributed by atoms with van der Waals surface area (Å²) in [5.41, 5.74) is 1.87. The number of amides is 1. The topological polar surface area (TPSA) is 81.1 Å². The van der Waals surface area contributed by atoms with Crippen LogP contribution in [0.15, 0.2) is 64.6 Å². The normalized spacial score (nSPS) is 14.4. The van der Waals surface area contributed by atoms with Gasteiger partial charge in [0.15, 0.2) is 10.8 Å². The maximum Gasteiger partial charge on any atom is 0.363 e. The van der Waals surface area contributed by atoms with E-state index in [1.54, 1.807) is 61.0 Å². The molecule has 31 heavy (non-hydrogen) atoms. The molecular weight excluding hydrogens is 438 g/mol. The minimum Gasteiger partial charge on any atom is -0.497 e. The molecule has 0 spiro atoms. The number of halogens is 1. The second kappa shape index (κ2) is 8.71. The van der Waals surface area contributed by atoms with Gasteiger partial charge in [-0.25, -0.2) is 14.8 Å². The molecule has 0 aliphatic carbocycles. The zero-order chi connectivity index (χ0) is 22.0. The lowest BCUT2D eigenvalue weighted by Gasteiger charge is -2.18. The number of ether oxygens (including phenoxy) is 2. The van der Waals surface area contributed by atoms with Crippen molar-refractivity contribution < 1.29 is 19.1 Å². The van der Waals surface area contributed by atoms with Crippen molar-refractivity contribution in [1.82, 2.24) is 4.98 Å². The van der Waals surface area contributed by atoms with Crippen LogP contribution < -0.4 is 9.64 Å². The van der Waals surface area contributed by atoms with Crippen molar-refractivity contribution in [3.05, 3.63) is 75.9 Å². The maximum atomic E-state index is 12.3. The van der Waals surface area contributed by atoms with Crippen molar-refractivity contribution in [2.24, 2.45) is 4.99 Å². The van der Waals surface area contributed by atoms with Gasteiger partial charge in [-0.05, 0) is 48.5 Å². The van der Waals surface area contributed by atoms with Crippen molar-refractivity contribution in [2.75, 3.05) is 12.0 Å². The molecule has 3 aromatic rings. The molecule has 0 saturated carbocycles. The third kappa shape index (κ3) is 4.50. The number of hydrogen-bond acceptors (Lipinski definition) is 7. The van der Waals surface area contributed by atoms with E-state index in [1.165, 1.54) is 29.2 Å². The fraction of sp³-hybridized carbons (Fsp3) is 0.0909.